The zero-order chi connectivity index (χ0) is 15.2. The zero-order valence-electron chi connectivity index (χ0n) is 12.6. The van der Waals surface area contributed by atoms with E-state index < -0.39 is 11.6 Å². The molecule has 0 unspecified atom stereocenters. The van der Waals surface area contributed by atoms with Crippen LogP contribution < -0.4 is 5.32 Å². The smallest absolute Gasteiger partial charge is 0.410 e. The fourth-order valence-corrected chi connectivity index (χ4v) is 2.14. The maximum atomic E-state index is 11.9. The molecule has 1 amide bonds. The Bertz CT molecular complexity index is 331. The Hall–Kier alpha value is -1.30. The summed E-state index contributed by atoms with van der Waals surface area (Å²) in [7, 11) is 0. The van der Waals surface area contributed by atoms with Gasteiger partial charge in [0.25, 0.3) is 0 Å². The number of carbonyl (C=O) groups is 2. The minimum atomic E-state index is -0.758. The second-order valence-corrected chi connectivity index (χ2v) is 6.19. The van der Waals surface area contributed by atoms with E-state index in [0.29, 0.717) is 32.1 Å². The van der Waals surface area contributed by atoms with Gasteiger partial charge in [-0.1, -0.05) is 0 Å². The number of hydrogen-bond donors (Lipinski definition) is 2. The molecule has 0 spiro atoms. The Balaban J connectivity index is 2.19. The molecule has 0 atom stereocenters. The predicted octanol–water partition coefficient (Wildman–Crippen LogP) is 1.84. The fourth-order valence-electron chi connectivity index (χ4n) is 2.14. The van der Waals surface area contributed by atoms with Crippen LogP contribution in [-0.2, 0) is 9.53 Å². The van der Waals surface area contributed by atoms with Crippen molar-refractivity contribution in [2.24, 2.45) is 0 Å². The molecule has 1 saturated heterocycles. The van der Waals surface area contributed by atoms with Crippen molar-refractivity contribution in [1.82, 2.24) is 10.2 Å². The first-order chi connectivity index (χ1) is 9.28. The van der Waals surface area contributed by atoms with Crippen molar-refractivity contribution in [3.8, 4) is 0 Å². The van der Waals surface area contributed by atoms with Gasteiger partial charge >= 0.3 is 12.1 Å². The number of piperidine rings is 1. The number of ether oxygens (including phenoxy) is 1. The number of carbonyl (C=O) groups excluding carboxylic acids is 1. The Morgan fingerprint density at radius 2 is 1.90 bits per heavy atom. The van der Waals surface area contributed by atoms with Crippen molar-refractivity contribution < 1.29 is 19.4 Å². The van der Waals surface area contributed by atoms with Crippen molar-refractivity contribution in [2.45, 2.75) is 58.1 Å². The third-order valence-corrected chi connectivity index (χ3v) is 3.15. The van der Waals surface area contributed by atoms with Gasteiger partial charge in [0, 0.05) is 25.6 Å². The number of carboxylic acids is 1. The minimum absolute atomic E-state index is 0.198. The molecule has 1 aliphatic heterocycles. The van der Waals surface area contributed by atoms with Crippen LogP contribution in [0, 0.1) is 0 Å². The second kappa shape index (κ2) is 7.47. The number of hydrogen-bond acceptors (Lipinski definition) is 4. The van der Waals surface area contributed by atoms with E-state index in [0.717, 1.165) is 12.8 Å². The summed E-state index contributed by atoms with van der Waals surface area (Å²) in [5.74, 6) is -0.758. The topological polar surface area (TPSA) is 78.9 Å². The number of rotatable bonds is 5. The van der Waals surface area contributed by atoms with Gasteiger partial charge in [0.1, 0.15) is 5.60 Å². The maximum Gasteiger partial charge on any atom is 0.410 e. The molecule has 6 nitrogen and oxygen atoms in total. The third kappa shape index (κ3) is 6.75. The summed E-state index contributed by atoms with van der Waals surface area (Å²) in [5.41, 5.74) is -0.455. The van der Waals surface area contributed by atoms with Crippen LogP contribution in [0.2, 0.25) is 0 Å². The van der Waals surface area contributed by atoms with Crippen LogP contribution in [0.25, 0.3) is 0 Å². The lowest BCUT2D eigenvalue weighted by Crippen LogP contribution is -2.46. The molecule has 0 aromatic heterocycles. The van der Waals surface area contributed by atoms with Gasteiger partial charge in [0.15, 0.2) is 0 Å². The van der Waals surface area contributed by atoms with Crippen LogP contribution in [0.3, 0.4) is 0 Å². The molecule has 0 aromatic rings. The van der Waals surface area contributed by atoms with Gasteiger partial charge < -0.3 is 20.1 Å². The molecular weight excluding hydrogens is 260 g/mol. The molecule has 0 radical (unpaired) electrons. The Kier molecular flexibility index (Phi) is 6.26. The van der Waals surface area contributed by atoms with Crippen molar-refractivity contribution >= 4 is 12.1 Å². The highest BCUT2D eigenvalue weighted by Crippen LogP contribution is 2.15. The molecule has 2 N–H and O–H groups in total. The molecule has 0 bridgehead atoms. The molecule has 1 rings (SSSR count). The molecule has 20 heavy (non-hydrogen) atoms. The standard InChI is InChI=1S/C14H26N2O4/c1-14(2,3)20-13(19)16-9-6-11(7-10-16)15-8-4-5-12(17)18/h11,15H,4-10H2,1-3H3,(H,17,18). The number of aliphatic carboxylic acids is 1. The van der Waals surface area contributed by atoms with Crippen LogP contribution in [0.15, 0.2) is 0 Å². The first-order valence-electron chi connectivity index (χ1n) is 7.21. The lowest BCUT2D eigenvalue weighted by atomic mass is 10.1. The van der Waals surface area contributed by atoms with E-state index in [1.807, 2.05) is 20.8 Å². The highest BCUT2D eigenvalue weighted by atomic mass is 16.6. The molecule has 0 aromatic carbocycles. The Morgan fingerprint density at radius 3 is 2.40 bits per heavy atom. The monoisotopic (exact) mass is 286 g/mol. The summed E-state index contributed by atoms with van der Waals surface area (Å²) in [4.78, 5) is 24.0. The molecule has 1 fully saturated rings. The van der Waals surface area contributed by atoms with Gasteiger partial charge in [-0.15, -0.1) is 0 Å². The van der Waals surface area contributed by atoms with Crippen molar-refractivity contribution in [1.29, 1.82) is 0 Å². The van der Waals surface area contributed by atoms with Crippen LogP contribution >= 0.6 is 0 Å². The minimum Gasteiger partial charge on any atom is -0.481 e. The highest BCUT2D eigenvalue weighted by Gasteiger charge is 2.26. The fraction of sp³-hybridized carbons (Fsp3) is 0.857. The quantitative estimate of drug-likeness (QED) is 0.754. The van der Waals surface area contributed by atoms with Gasteiger partial charge in [-0.3, -0.25) is 4.79 Å². The number of carboxylic acid groups (broad SMARTS) is 1. The third-order valence-electron chi connectivity index (χ3n) is 3.15. The summed E-state index contributed by atoms with van der Waals surface area (Å²) in [6.07, 6.45) is 2.35. The number of nitrogens with zero attached hydrogens (tertiary/aromatic N) is 1. The molecule has 6 heteroatoms. The van der Waals surface area contributed by atoms with Gasteiger partial charge in [0.05, 0.1) is 0 Å². The Labute approximate surface area is 120 Å². The van der Waals surface area contributed by atoms with E-state index in [2.05, 4.69) is 5.32 Å². The number of nitrogens with one attached hydrogen (secondary N) is 1. The maximum absolute atomic E-state index is 11.9. The first kappa shape index (κ1) is 16.8. The molecular formula is C14H26N2O4. The molecule has 0 aliphatic carbocycles. The second-order valence-electron chi connectivity index (χ2n) is 6.19. The normalized spacial score (nSPS) is 17.1. The average molecular weight is 286 g/mol. The SMILES string of the molecule is CC(C)(C)OC(=O)N1CCC(NCCCC(=O)O)CC1. The van der Waals surface area contributed by atoms with E-state index in [-0.39, 0.29) is 12.5 Å². The van der Waals surface area contributed by atoms with Gasteiger partial charge in [-0.05, 0) is 46.6 Å². The molecule has 116 valence electrons. The van der Waals surface area contributed by atoms with E-state index in [1.54, 1.807) is 4.90 Å². The van der Waals surface area contributed by atoms with E-state index in [4.69, 9.17) is 9.84 Å². The highest BCUT2D eigenvalue weighted by molar-refractivity contribution is 5.68. The Morgan fingerprint density at radius 1 is 1.30 bits per heavy atom. The summed E-state index contributed by atoms with van der Waals surface area (Å²) in [6, 6.07) is 0.363. The summed E-state index contributed by atoms with van der Waals surface area (Å²) in [5, 5.41) is 11.9. The summed E-state index contributed by atoms with van der Waals surface area (Å²) >= 11 is 0. The van der Waals surface area contributed by atoms with Crippen LogP contribution in [-0.4, -0.2) is 53.3 Å². The van der Waals surface area contributed by atoms with Crippen LogP contribution in [0.4, 0.5) is 4.79 Å². The summed E-state index contributed by atoms with van der Waals surface area (Å²) < 4.78 is 5.34. The van der Waals surface area contributed by atoms with Crippen molar-refractivity contribution in [3.05, 3.63) is 0 Å². The molecule has 0 saturated carbocycles. The van der Waals surface area contributed by atoms with E-state index in [9.17, 15) is 9.59 Å². The zero-order valence-corrected chi connectivity index (χ0v) is 12.6. The van der Waals surface area contributed by atoms with E-state index >= 15 is 0 Å². The van der Waals surface area contributed by atoms with Gasteiger partial charge in [0.2, 0.25) is 0 Å². The van der Waals surface area contributed by atoms with E-state index in [1.165, 1.54) is 0 Å². The lowest BCUT2D eigenvalue weighted by Gasteiger charge is -2.33. The molecule has 1 heterocycles. The van der Waals surface area contributed by atoms with Crippen LogP contribution in [0.1, 0.15) is 46.5 Å². The first-order valence-corrected chi connectivity index (χ1v) is 7.21. The van der Waals surface area contributed by atoms with Gasteiger partial charge in [-0.25, -0.2) is 4.79 Å². The van der Waals surface area contributed by atoms with Crippen LogP contribution in [0.5, 0.6) is 0 Å². The van der Waals surface area contributed by atoms with Gasteiger partial charge in [-0.2, -0.15) is 0 Å². The summed E-state index contributed by atoms with van der Waals surface area (Å²) in [6.45, 7) is 7.67. The number of likely N-dealkylation sites (tertiary alicyclic amines) is 1. The largest absolute Gasteiger partial charge is 0.481 e. The predicted molar refractivity (Wildman–Crippen MR) is 75.7 cm³/mol. The molecule has 1 aliphatic rings. The van der Waals surface area contributed by atoms with Crippen molar-refractivity contribution in [3.63, 3.8) is 0 Å². The number of amides is 1. The lowest BCUT2D eigenvalue weighted by molar-refractivity contribution is -0.137. The average Bonchev–Trinajstić information content (AvgIpc) is 2.33. The van der Waals surface area contributed by atoms with Crippen molar-refractivity contribution in [2.75, 3.05) is 19.6 Å².